The molecule has 22 heavy (non-hydrogen) atoms. The largest absolute Gasteiger partial charge is 0.423 e. The summed E-state index contributed by atoms with van der Waals surface area (Å²) in [5, 5.41) is 13.9. The van der Waals surface area contributed by atoms with Crippen molar-refractivity contribution >= 4 is 17.1 Å². The number of fused-ring (bicyclic) bond motifs is 1. The molecular weight excluding hydrogens is 280 g/mol. The van der Waals surface area contributed by atoms with E-state index in [0.717, 1.165) is 29.8 Å². The lowest BCUT2D eigenvalue weighted by Gasteiger charge is -2.13. The molecule has 2 atom stereocenters. The minimum absolute atomic E-state index is 0.149. The maximum absolute atomic E-state index is 9.70. The Labute approximate surface area is 128 Å². The first-order valence-corrected chi connectivity index (χ1v) is 7.44. The SMILES string of the molecule is Cn1cc([C@@H]2CN(c3nc4ccccc4o3)C[C@H]2CO)cn1. The third-order valence-corrected chi connectivity index (χ3v) is 4.38. The van der Waals surface area contributed by atoms with E-state index in [4.69, 9.17) is 4.42 Å². The Kier molecular flexibility index (Phi) is 3.11. The normalized spacial score (nSPS) is 21.8. The summed E-state index contributed by atoms with van der Waals surface area (Å²) < 4.78 is 7.64. The molecule has 0 saturated carbocycles. The van der Waals surface area contributed by atoms with Gasteiger partial charge in [-0.2, -0.15) is 10.1 Å². The molecule has 1 fully saturated rings. The number of anilines is 1. The second kappa shape index (κ2) is 5.14. The molecule has 1 aliphatic rings. The molecule has 1 saturated heterocycles. The summed E-state index contributed by atoms with van der Waals surface area (Å²) >= 11 is 0. The number of oxazole rings is 1. The van der Waals surface area contributed by atoms with Crippen molar-refractivity contribution in [1.29, 1.82) is 0 Å². The molecule has 4 rings (SSSR count). The molecule has 1 aromatic carbocycles. The fourth-order valence-corrected chi connectivity index (χ4v) is 3.22. The number of aromatic nitrogens is 3. The molecule has 0 radical (unpaired) electrons. The molecular formula is C16H18N4O2. The Morgan fingerprint density at radius 1 is 1.32 bits per heavy atom. The van der Waals surface area contributed by atoms with Crippen LogP contribution in [0.15, 0.2) is 41.1 Å². The molecule has 0 bridgehead atoms. The van der Waals surface area contributed by atoms with Gasteiger partial charge in [0.25, 0.3) is 6.01 Å². The van der Waals surface area contributed by atoms with Crippen LogP contribution in [0.4, 0.5) is 6.01 Å². The Balaban J connectivity index is 1.63. The fourth-order valence-electron chi connectivity index (χ4n) is 3.22. The van der Waals surface area contributed by atoms with E-state index >= 15 is 0 Å². The maximum atomic E-state index is 9.70. The van der Waals surface area contributed by atoms with Gasteiger partial charge in [-0.3, -0.25) is 4.68 Å². The highest BCUT2D eigenvalue weighted by atomic mass is 16.4. The van der Waals surface area contributed by atoms with Crippen LogP contribution >= 0.6 is 0 Å². The summed E-state index contributed by atoms with van der Waals surface area (Å²) in [5.41, 5.74) is 2.81. The number of aliphatic hydroxyl groups is 1. The van der Waals surface area contributed by atoms with E-state index < -0.39 is 0 Å². The molecule has 1 aliphatic heterocycles. The summed E-state index contributed by atoms with van der Waals surface area (Å²) in [6.07, 6.45) is 3.89. The third-order valence-electron chi connectivity index (χ3n) is 4.38. The number of aliphatic hydroxyl groups excluding tert-OH is 1. The molecule has 0 unspecified atom stereocenters. The zero-order chi connectivity index (χ0) is 15.1. The van der Waals surface area contributed by atoms with E-state index in [1.54, 1.807) is 4.68 Å². The molecule has 6 heteroatoms. The topological polar surface area (TPSA) is 67.3 Å². The smallest absolute Gasteiger partial charge is 0.298 e. The molecule has 3 heterocycles. The summed E-state index contributed by atoms with van der Waals surface area (Å²) in [4.78, 5) is 6.66. The van der Waals surface area contributed by atoms with Crippen LogP contribution in [0.2, 0.25) is 0 Å². The lowest BCUT2D eigenvalue weighted by molar-refractivity contribution is 0.227. The number of para-hydroxylation sites is 2. The van der Waals surface area contributed by atoms with Crippen LogP contribution in [-0.2, 0) is 7.05 Å². The average molecular weight is 298 g/mol. The van der Waals surface area contributed by atoms with Crippen molar-refractivity contribution in [2.24, 2.45) is 13.0 Å². The van der Waals surface area contributed by atoms with Crippen LogP contribution in [0.3, 0.4) is 0 Å². The van der Waals surface area contributed by atoms with E-state index in [1.165, 1.54) is 0 Å². The van der Waals surface area contributed by atoms with Crippen molar-refractivity contribution in [3.8, 4) is 0 Å². The Morgan fingerprint density at radius 3 is 2.91 bits per heavy atom. The summed E-state index contributed by atoms with van der Waals surface area (Å²) in [6, 6.07) is 8.39. The second-order valence-corrected chi connectivity index (χ2v) is 5.87. The van der Waals surface area contributed by atoms with Gasteiger partial charge in [-0.05, 0) is 17.7 Å². The summed E-state index contributed by atoms with van der Waals surface area (Å²) in [6.45, 7) is 1.67. The van der Waals surface area contributed by atoms with Gasteiger partial charge >= 0.3 is 0 Å². The minimum atomic E-state index is 0.149. The van der Waals surface area contributed by atoms with Gasteiger partial charge in [0.05, 0.1) is 6.20 Å². The zero-order valence-electron chi connectivity index (χ0n) is 12.4. The van der Waals surface area contributed by atoms with Crippen LogP contribution in [0.5, 0.6) is 0 Å². The van der Waals surface area contributed by atoms with Gasteiger partial charge in [-0.1, -0.05) is 12.1 Å². The maximum Gasteiger partial charge on any atom is 0.298 e. The Morgan fingerprint density at radius 2 is 2.18 bits per heavy atom. The van der Waals surface area contributed by atoms with Gasteiger partial charge in [-0.15, -0.1) is 0 Å². The van der Waals surface area contributed by atoms with Gasteiger partial charge in [0.2, 0.25) is 0 Å². The fraction of sp³-hybridized carbons (Fsp3) is 0.375. The summed E-state index contributed by atoms with van der Waals surface area (Å²) in [7, 11) is 1.91. The van der Waals surface area contributed by atoms with Crippen molar-refractivity contribution in [3.05, 3.63) is 42.2 Å². The van der Waals surface area contributed by atoms with Crippen molar-refractivity contribution < 1.29 is 9.52 Å². The monoisotopic (exact) mass is 298 g/mol. The highest BCUT2D eigenvalue weighted by molar-refractivity contribution is 5.74. The highest BCUT2D eigenvalue weighted by Crippen LogP contribution is 2.35. The molecule has 0 spiro atoms. The van der Waals surface area contributed by atoms with Gasteiger partial charge in [0, 0.05) is 44.8 Å². The van der Waals surface area contributed by atoms with Crippen LogP contribution in [0, 0.1) is 5.92 Å². The second-order valence-electron chi connectivity index (χ2n) is 5.87. The number of benzene rings is 1. The lowest BCUT2D eigenvalue weighted by Crippen LogP contribution is -2.20. The molecule has 0 aliphatic carbocycles. The lowest BCUT2D eigenvalue weighted by atomic mass is 9.92. The van der Waals surface area contributed by atoms with Crippen LogP contribution < -0.4 is 4.90 Å². The molecule has 1 N–H and O–H groups in total. The first-order valence-electron chi connectivity index (χ1n) is 7.44. The van der Waals surface area contributed by atoms with Crippen LogP contribution in [0.25, 0.3) is 11.1 Å². The molecule has 3 aromatic rings. The number of hydrogen-bond acceptors (Lipinski definition) is 5. The van der Waals surface area contributed by atoms with Crippen molar-refractivity contribution in [2.45, 2.75) is 5.92 Å². The quantitative estimate of drug-likeness (QED) is 0.798. The number of aryl methyl sites for hydroxylation is 1. The van der Waals surface area contributed by atoms with Gasteiger partial charge < -0.3 is 14.4 Å². The van der Waals surface area contributed by atoms with E-state index in [0.29, 0.717) is 6.01 Å². The van der Waals surface area contributed by atoms with E-state index in [2.05, 4.69) is 15.0 Å². The van der Waals surface area contributed by atoms with Crippen LogP contribution in [-0.4, -0.2) is 39.6 Å². The van der Waals surface area contributed by atoms with Crippen molar-refractivity contribution in [3.63, 3.8) is 0 Å². The number of hydrogen-bond donors (Lipinski definition) is 1. The van der Waals surface area contributed by atoms with E-state index in [9.17, 15) is 5.11 Å². The Hall–Kier alpha value is -2.34. The van der Waals surface area contributed by atoms with Crippen LogP contribution in [0.1, 0.15) is 11.5 Å². The number of rotatable bonds is 3. The highest BCUT2D eigenvalue weighted by Gasteiger charge is 2.36. The van der Waals surface area contributed by atoms with Crippen molar-refractivity contribution in [2.75, 3.05) is 24.6 Å². The van der Waals surface area contributed by atoms with Gasteiger partial charge in [-0.25, -0.2) is 0 Å². The predicted octanol–water partition coefficient (Wildman–Crippen LogP) is 1.77. The molecule has 2 aromatic heterocycles. The van der Waals surface area contributed by atoms with Gasteiger partial charge in [0.15, 0.2) is 5.58 Å². The molecule has 6 nitrogen and oxygen atoms in total. The average Bonchev–Trinajstić information content (AvgIpc) is 3.23. The summed E-state index contributed by atoms with van der Waals surface area (Å²) in [5.74, 6) is 0.410. The molecule has 114 valence electrons. The predicted molar refractivity (Wildman–Crippen MR) is 82.7 cm³/mol. The minimum Gasteiger partial charge on any atom is -0.423 e. The Bertz CT molecular complexity index is 761. The van der Waals surface area contributed by atoms with Crippen molar-refractivity contribution in [1.82, 2.24) is 14.8 Å². The first-order chi connectivity index (χ1) is 10.7. The van der Waals surface area contributed by atoms with E-state index in [-0.39, 0.29) is 18.4 Å². The third kappa shape index (κ3) is 2.16. The van der Waals surface area contributed by atoms with E-state index in [1.807, 2.05) is 43.7 Å². The zero-order valence-corrected chi connectivity index (χ0v) is 12.4. The molecule has 0 amide bonds. The number of nitrogens with zero attached hydrogens (tertiary/aromatic N) is 4. The first kappa shape index (κ1) is 13.3. The van der Waals surface area contributed by atoms with Gasteiger partial charge in [0.1, 0.15) is 5.52 Å². The standard InChI is InChI=1S/C16H18N4O2/c1-19-7-11(6-17-19)13-9-20(8-12(13)10-21)16-18-14-4-2-3-5-15(14)22-16/h2-7,12-13,21H,8-10H2,1H3/t12-,13-/m0/s1.